The van der Waals surface area contributed by atoms with E-state index in [1.54, 1.807) is 0 Å². The van der Waals surface area contributed by atoms with Crippen molar-refractivity contribution in [3.63, 3.8) is 0 Å². The Morgan fingerprint density at radius 1 is 0.153 bits per heavy atom. The molecule has 0 aliphatic carbocycles. The highest BCUT2D eigenvalue weighted by molar-refractivity contribution is 5.91. The smallest absolute Gasteiger partial charge is 0.0494 e. The largest absolute Gasteiger partial charge is 0.310 e. The number of anilines is 12. The van der Waals surface area contributed by atoms with Gasteiger partial charge in [0.2, 0.25) is 0 Å². The number of para-hydroxylation sites is 6. The van der Waals surface area contributed by atoms with Crippen LogP contribution in [0.25, 0.3) is 33.4 Å². The normalized spacial score (nSPS) is 11.1. The lowest BCUT2D eigenvalue weighted by Crippen LogP contribution is -2.15. The van der Waals surface area contributed by atoms with Crippen LogP contribution < -0.4 is 19.6 Å². The maximum absolute atomic E-state index is 2.54. The van der Waals surface area contributed by atoms with E-state index in [4.69, 9.17) is 0 Å². The lowest BCUT2D eigenvalue weighted by atomic mass is 9.90. The molecule has 0 N–H and O–H groups in total. The fourth-order valence-corrected chi connectivity index (χ4v) is 12.5. The van der Waals surface area contributed by atoms with Gasteiger partial charge in [-0.3, -0.25) is 0 Å². The van der Waals surface area contributed by atoms with Crippen LogP contribution in [-0.4, -0.2) is 0 Å². The first-order valence-corrected chi connectivity index (χ1v) is 29.6. The van der Waals surface area contributed by atoms with Crippen molar-refractivity contribution < 1.29 is 0 Å². The molecule has 0 fully saturated rings. The van der Waals surface area contributed by atoms with Crippen molar-refractivity contribution in [1.82, 2.24) is 0 Å². The fraction of sp³-hybridized carbons (Fsp3) is 0.111. The Labute approximate surface area is 503 Å². The second kappa shape index (κ2) is 24.0. The second-order valence-corrected chi connectivity index (χ2v) is 22.7. The lowest BCUT2D eigenvalue weighted by molar-refractivity contribution is 1.18. The number of aryl methyl sites for hydroxylation is 9. The maximum atomic E-state index is 2.54. The van der Waals surface area contributed by atoms with Gasteiger partial charge in [0, 0.05) is 68.2 Å². The Morgan fingerprint density at radius 3 is 0.553 bits per heavy atom. The average Bonchev–Trinajstić information content (AvgIpc) is 2.62. The van der Waals surface area contributed by atoms with Crippen molar-refractivity contribution in [2.75, 3.05) is 19.6 Å². The van der Waals surface area contributed by atoms with Crippen molar-refractivity contribution in [1.29, 1.82) is 0 Å². The Morgan fingerprint density at radius 2 is 0.353 bits per heavy atom. The van der Waals surface area contributed by atoms with Crippen LogP contribution in [-0.2, 0) is 0 Å². The highest BCUT2D eigenvalue weighted by Gasteiger charge is 2.25. The van der Waals surface area contributed by atoms with Crippen LogP contribution in [0.5, 0.6) is 0 Å². The Hall–Kier alpha value is -10.2. The summed E-state index contributed by atoms with van der Waals surface area (Å²) in [5.41, 5.74) is 31.9. The molecule has 0 saturated heterocycles. The third-order valence-electron chi connectivity index (χ3n) is 16.7. The van der Waals surface area contributed by atoms with Crippen LogP contribution in [0.1, 0.15) is 50.1 Å². The minimum Gasteiger partial charge on any atom is -0.310 e. The summed E-state index contributed by atoms with van der Waals surface area (Å²) < 4.78 is 0. The molecule has 0 amide bonds. The van der Waals surface area contributed by atoms with Crippen molar-refractivity contribution in [2.24, 2.45) is 0 Å². The second-order valence-electron chi connectivity index (χ2n) is 22.7. The highest BCUT2D eigenvalue weighted by Crippen LogP contribution is 2.48. The molecule has 0 heterocycles. The van der Waals surface area contributed by atoms with E-state index >= 15 is 0 Å². The van der Waals surface area contributed by atoms with Gasteiger partial charge >= 0.3 is 0 Å². The molecular formula is C81H72N4. The minimum absolute atomic E-state index is 1.12. The summed E-state index contributed by atoms with van der Waals surface area (Å²) in [5, 5.41) is 0. The quantitative estimate of drug-likeness (QED) is 0.101. The summed E-state index contributed by atoms with van der Waals surface area (Å²) in [6, 6.07) is 99.1. The number of hydrogen-bond acceptors (Lipinski definition) is 4. The van der Waals surface area contributed by atoms with Gasteiger partial charge < -0.3 is 19.6 Å². The molecule has 0 atom stereocenters. The van der Waals surface area contributed by atoms with E-state index in [2.05, 4.69) is 355 Å². The van der Waals surface area contributed by atoms with Gasteiger partial charge in [0.1, 0.15) is 0 Å². The molecule has 12 aromatic rings. The van der Waals surface area contributed by atoms with E-state index in [-0.39, 0.29) is 0 Å². The summed E-state index contributed by atoms with van der Waals surface area (Å²) in [7, 11) is 0. The number of nitrogens with zero attached hydrogens (tertiary/aromatic N) is 4. The van der Waals surface area contributed by atoms with Crippen LogP contribution in [0, 0.1) is 62.3 Å². The molecule has 416 valence electrons. The first kappa shape index (κ1) is 55.4. The molecule has 0 unspecified atom stereocenters. The number of rotatable bonds is 15. The van der Waals surface area contributed by atoms with E-state index in [0.717, 1.165) is 68.2 Å². The molecule has 0 saturated carbocycles. The summed E-state index contributed by atoms with van der Waals surface area (Å²) in [6.07, 6.45) is 0. The van der Waals surface area contributed by atoms with Crippen molar-refractivity contribution >= 4 is 68.2 Å². The molecule has 85 heavy (non-hydrogen) atoms. The van der Waals surface area contributed by atoms with E-state index in [9.17, 15) is 0 Å². The van der Waals surface area contributed by atoms with Crippen LogP contribution in [0.3, 0.4) is 0 Å². The summed E-state index contributed by atoms with van der Waals surface area (Å²) >= 11 is 0. The van der Waals surface area contributed by atoms with E-state index < -0.39 is 0 Å². The van der Waals surface area contributed by atoms with Gasteiger partial charge in [-0.05, 0) is 291 Å². The van der Waals surface area contributed by atoms with Crippen molar-refractivity contribution in [3.05, 3.63) is 323 Å². The monoisotopic (exact) mass is 1100 g/mol. The lowest BCUT2D eigenvalue weighted by Gasteiger charge is -2.32. The van der Waals surface area contributed by atoms with E-state index in [0.29, 0.717) is 0 Å². The molecule has 4 nitrogen and oxygen atoms in total. The predicted molar refractivity (Wildman–Crippen MR) is 364 cm³/mol. The van der Waals surface area contributed by atoms with E-state index in [1.165, 1.54) is 83.5 Å². The zero-order valence-electron chi connectivity index (χ0n) is 50.3. The van der Waals surface area contributed by atoms with Crippen molar-refractivity contribution in [2.45, 2.75) is 62.3 Å². The van der Waals surface area contributed by atoms with E-state index in [1.807, 2.05) is 0 Å². The summed E-state index contributed by atoms with van der Waals surface area (Å²) in [4.78, 5) is 9.55. The molecule has 12 aromatic carbocycles. The Balaban J connectivity index is 0.957. The van der Waals surface area contributed by atoms with Crippen LogP contribution in [0.4, 0.5) is 68.2 Å². The zero-order chi connectivity index (χ0) is 58.7. The molecule has 4 heteroatoms. The van der Waals surface area contributed by atoms with Crippen LogP contribution in [0.2, 0.25) is 0 Å². The zero-order valence-corrected chi connectivity index (χ0v) is 50.3. The molecule has 0 spiro atoms. The molecule has 0 aromatic heterocycles. The van der Waals surface area contributed by atoms with Gasteiger partial charge in [0.25, 0.3) is 0 Å². The fourth-order valence-electron chi connectivity index (χ4n) is 12.5. The minimum atomic E-state index is 1.12. The third-order valence-corrected chi connectivity index (χ3v) is 16.7. The van der Waals surface area contributed by atoms with Gasteiger partial charge in [-0.15, -0.1) is 0 Å². The Bertz CT molecular complexity index is 3760. The maximum Gasteiger partial charge on any atom is 0.0494 e. The SMILES string of the molecule is Cc1cc(N(c2ccccc2)c2ccccc2)ccc1-c1cc(C)c(N(c2cc(C)c(-c3ccc(N(c4ccccc4)c4ccccc4)cc3C)cc2C)c2cc(C)c(-c3ccc(N(c4ccccc4)c4ccccc4)cc3C)cc2C)cc1C. The predicted octanol–water partition coefficient (Wildman–Crippen LogP) is 23.3. The van der Waals surface area contributed by atoms with Gasteiger partial charge in [-0.25, -0.2) is 0 Å². The van der Waals surface area contributed by atoms with Gasteiger partial charge in [0.15, 0.2) is 0 Å². The standard InChI is InChI=1S/C81H72N4/c1-55-46-70(82(64-28-16-10-17-29-64)65-30-18-11-19-31-65)40-43-73(55)76-49-61(7)79(52-58(76)4)85(80-53-59(5)77(50-62(80)8)74-44-41-71(47-56(74)2)83(66-32-20-12-21-33-66)67-34-22-13-23-35-67)81-54-60(6)78(51-63(81)9)75-45-42-72(48-57(75)3)84(68-36-24-14-25-37-68)69-38-26-15-27-39-69/h10-54H,1-9H3. The molecular weight excluding hydrogens is 1030 g/mol. The van der Waals surface area contributed by atoms with Gasteiger partial charge in [-0.2, -0.15) is 0 Å². The number of hydrogen-bond donors (Lipinski definition) is 0. The van der Waals surface area contributed by atoms with Crippen LogP contribution in [0.15, 0.2) is 273 Å². The first-order valence-electron chi connectivity index (χ1n) is 29.6. The molecule has 0 aliphatic heterocycles. The molecule has 0 bridgehead atoms. The Kier molecular flexibility index (Phi) is 15.6. The molecule has 12 rings (SSSR count). The molecule has 0 radical (unpaired) electrons. The van der Waals surface area contributed by atoms with Crippen molar-refractivity contribution in [3.8, 4) is 33.4 Å². The average molecular weight is 1100 g/mol. The molecule has 0 aliphatic rings. The summed E-state index contributed by atoms with van der Waals surface area (Å²) in [6.45, 7) is 20.4. The summed E-state index contributed by atoms with van der Waals surface area (Å²) in [5.74, 6) is 0. The van der Waals surface area contributed by atoms with Crippen LogP contribution >= 0.6 is 0 Å². The highest BCUT2D eigenvalue weighted by atomic mass is 15.2. The topological polar surface area (TPSA) is 13.0 Å². The first-order chi connectivity index (χ1) is 41.4. The third kappa shape index (κ3) is 11.2. The van der Waals surface area contributed by atoms with Gasteiger partial charge in [-0.1, -0.05) is 127 Å². The number of benzene rings is 12. The van der Waals surface area contributed by atoms with Gasteiger partial charge in [0.05, 0.1) is 0 Å².